The summed E-state index contributed by atoms with van der Waals surface area (Å²) in [6.45, 7) is 3.39. The Hall–Kier alpha value is -3.14. The largest absolute Gasteiger partial charge is 0.457 e. The Bertz CT molecular complexity index is 835. The maximum Gasteiger partial charge on any atom is 0.254 e. The van der Waals surface area contributed by atoms with Gasteiger partial charge in [0.1, 0.15) is 11.5 Å². The fourth-order valence-corrected chi connectivity index (χ4v) is 2.74. The number of aromatic nitrogens is 1. The fourth-order valence-electron chi connectivity index (χ4n) is 2.74. The quantitative estimate of drug-likeness (QED) is 0.609. The second kappa shape index (κ2) is 8.81. The molecule has 0 radical (unpaired) electrons. The predicted molar refractivity (Wildman–Crippen MR) is 102 cm³/mol. The Morgan fingerprint density at radius 2 is 1.73 bits per heavy atom. The minimum atomic E-state index is 0.0101. The van der Waals surface area contributed by atoms with E-state index in [1.807, 2.05) is 53.4 Å². The molecule has 1 heterocycles. The molecule has 132 valence electrons. The van der Waals surface area contributed by atoms with E-state index in [0.29, 0.717) is 30.2 Å². The van der Waals surface area contributed by atoms with Gasteiger partial charge in [-0.1, -0.05) is 43.3 Å². The highest BCUT2D eigenvalue weighted by molar-refractivity contribution is 5.94. The van der Waals surface area contributed by atoms with Gasteiger partial charge in [0.25, 0.3) is 5.91 Å². The number of hydrogen-bond donors (Lipinski definition) is 0. The molecule has 0 fully saturated rings. The van der Waals surface area contributed by atoms with E-state index < -0.39 is 0 Å². The maximum absolute atomic E-state index is 13.0. The smallest absolute Gasteiger partial charge is 0.254 e. The van der Waals surface area contributed by atoms with Crippen molar-refractivity contribution in [2.24, 2.45) is 0 Å². The monoisotopic (exact) mass is 346 g/mol. The van der Waals surface area contributed by atoms with Crippen LogP contribution in [-0.4, -0.2) is 22.3 Å². The third kappa shape index (κ3) is 4.70. The first-order valence-corrected chi connectivity index (χ1v) is 8.77. The lowest BCUT2D eigenvalue weighted by atomic mass is 10.1. The highest BCUT2D eigenvalue weighted by Gasteiger charge is 2.16. The van der Waals surface area contributed by atoms with Gasteiger partial charge in [-0.15, -0.1) is 0 Å². The summed E-state index contributed by atoms with van der Waals surface area (Å²) in [5.74, 6) is 1.34. The molecule has 3 aromatic rings. The molecular weight excluding hydrogens is 324 g/mol. The molecule has 1 amide bonds. The summed E-state index contributed by atoms with van der Waals surface area (Å²) in [5, 5.41) is 0. The van der Waals surface area contributed by atoms with Gasteiger partial charge in [-0.05, 0) is 42.3 Å². The number of carbonyl (C=O) groups is 1. The van der Waals surface area contributed by atoms with Crippen LogP contribution in [0.4, 0.5) is 0 Å². The molecule has 3 rings (SSSR count). The topological polar surface area (TPSA) is 42.4 Å². The SMILES string of the molecule is CCCN(Cc1ccccc1)C(=O)c1cccc(Oc2ccncc2)c1. The molecule has 0 saturated heterocycles. The van der Waals surface area contributed by atoms with E-state index in [0.717, 1.165) is 12.0 Å². The standard InChI is InChI=1S/C22H22N2O2/c1-2-15-24(17-18-7-4-3-5-8-18)22(25)19-9-6-10-21(16-19)26-20-11-13-23-14-12-20/h3-14,16H,2,15,17H2,1H3. The lowest BCUT2D eigenvalue weighted by Gasteiger charge is -2.22. The summed E-state index contributed by atoms with van der Waals surface area (Å²) in [6, 6.07) is 20.9. The van der Waals surface area contributed by atoms with Gasteiger partial charge in [-0.3, -0.25) is 9.78 Å². The molecular formula is C22H22N2O2. The van der Waals surface area contributed by atoms with Crippen LogP contribution in [0.25, 0.3) is 0 Å². The van der Waals surface area contributed by atoms with Gasteiger partial charge in [-0.25, -0.2) is 0 Å². The zero-order valence-electron chi connectivity index (χ0n) is 14.8. The number of pyridine rings is 1. The van der Waals surface area contributed by atoms with Crippen molar-refractivity contribution in [3.63, 3.8) is 0 Å². The van der Waals surface area contributed by atoms with Crippen molar-refractivity contribution in [2.75, 3.05) is 6.54 Å². The van der Waals surface area contributed by atoms with E-state index in [4.69, 9.17) is 4.74 Å². The zero-order chi connectivity index (χ0) is 18.2. The zero-order valence-corrected chi connectivity index (χ0v) is 14.8. The Balaban J connectivity index is 1.77. The molecule has 2 aromatic carbocycles. The van der Waals surface area contributed by atoms with Crippen LogP contribution in [0.15, 0.2) is 79.1 Å². The number of ether oxygens (including phenoxy) is 1. The first-order valence-electron chi connectivity index (χ1n) is 8.77. The summed E-state index contributed by atoms with van der Waals surface area (Å²) < 4.78 is 5.82. The first-order chi connectivity index (χ1) is 12.8. The Labute approximate surface area is 154 Å². The van der Waals surface area contributed by atoms with E-state index in [1.165, 1.54) is 0 Å². The van der Waals surface area contributed by atoms with Gasteiger partial charge in [0.05, 0.1) is 0 Å². The van der Waals surface area contributed by atoms with Crippen LogP contribution < -0.4 is 4.74 Å². The molecule has 0 saturated carbocycles. The molecule has 0 spiro atoms. The normalized spacial score (nSPS) is 10.3. The second-order valence-electron chi connectivity index (χ2n) is 6.03. The molecule has 0 atom stereocenters. The molecule has 0 aliphatic rings. The molecule has 0 N–H and O–H groups in total. The Morgan fingerprint density at radius 3 is 2.46 bits per heavy atom. The molecule has 1 aromatic heterocycles. The highest BCUT2D eigenvalue weighted by atomic mass is 16.5. The number of amides is 1. The maximum atomic E-state index is 13.0. The van der Waals surface area contributed by atoms with Crippen LogP contribution in [0.2, 0.25) is 0 Å². The average molecular weight is 346 g/mol. The van der Waals surface area contributed by atoms with Crippen LogP contribution in [0, 0.1) is 0 Å². The van der Waals surface area contributed by atoms with Gasteiger partial charge in [0.15, 0.2) is 0 Å². The molecule has 4 nitrogen and oxygen atoms in total. The number of rotatable bonds is 7. The van der Waals surface area contributed by atoms with Crippen molar-refractivity contribution in [2.45, 2.75) is 19.9 Å². The van der Waals surface area contributed by atoms with E-state index >= 15 is 0 Å². The minimum Gasteiger partial charge on any atom is -0.457 e. The van der Waals surface area contributed by atoms with E-state index in [1.54, 1.807) is 30.6 Å². The van der Waals surface area contributed by atoms with Gasteiger partial charge in [-0.2, -0.15) is 0 Å². The highest BCUT2D eigenvalue weighted by Crippen LogP contribution is 2.22. The van der Waals surface area contributed by atoms with Crippen LogP contribution >= 0.6 is 0 Å². The first kappa shape index (κ1) is 17.7. The van der Waals surface area contributed by atoms with Crippen LogP contribution in [0.5, 0.6) is 11.5 Å². The van der Waals surface area contributed by atoms with Crippen molar-refractivity contribution in [3.8, 4) is 11.5 Å². The molecule has 0 aliphatic carbocycles. The van der Waals surface area contributed by atoms with Gasteiger partial charge in [0.2, 0.25) is 0 Å². The van der Waals surface area contributed by atoms with Crippen LogP contribution in [0.1, 0.15) is 29.3 Å². The van der Waals surface area contributed by atoms with Gasteiger partial charge >= 0.3 is 0 Å². The number of benzene rings is 2. The summed E-state index contributed by atoms with van der Waals surface area (Å²) >= 11 is 0. The number of carbonyl (C=O) groups excluding carboxylic acids is 1. The third-order valence-corrected chi connectivity index (χ3v) is 3.96. The van der Waals surface area contributed by atoms with E-state index in [-0.39, 0.29) is 5.91 Å². The molecule has 26 heavy (non-hydrogen) atoms. The van der Waals surface area contributed by atoms with Crippen molar-refractivity contribution in [1.82, 2.24) is 9.88 Å². The van der Waals surface area contributed by atoms with Crippen molar-refractivity contribution >= 4 is 5.91 Å². The third-order valence-electron chi connectivity index (χ3n) is 3.96. The molecule has 0 aliphatic heterocycles. The van der Waals surface area contributed by atoms with Crippen molar-refractivity contribution < 1.29 is 9.53 Å². The second-order valence-corrected chi connectivity index (χ2v) is 6.03. The van der Waals surface area contributed by atoms with Gasteiger partial charge < -0.3 is 9.64 Å². The summed E-state index contributed by atoms with van der Waals surface area (Å²) in [4.78, 5) is 18.9. The lowest BCUT2D eigenvalue weighted by Crippen LogP contribution is -2.31. The molecule has 4 heteroatoms. The predicted octanol–water partition coefficient (Wildman–Crippen LogP) is 4.93. The van der Waals surface area contributed by atoms with Crippen molar-refractivity contribution in [1.29, 1.82) is 0 Å². The summed E-state index contributed by atoms with van der Waals surface area (Å²) in [6.07, 6.45) is 4.26. The lowest BCUT2D eigenvalue weighted by molar-refractivity contribution is 0.0743. The number of hydrogen-bond acceptors (Lipinski definition) is 3. The Kier molecular flexibility index (Phi) is 5.99. The summed E-state index contributed by atoms with van der Waals surface area (Å²) in [7, 11) is 0. The minimum absolute atomic E-state index is 0.0101. The average Bonchev–Trinajstić information content (AvgIpc) is 2.69. The fraction of sp³-hybridized carbons (Fsp3) is 0.182. The van der Waals surface area contributed by atoms with Crippen LogP contribution in [-0.2, 0) is 6.54 Å². The Morgan fingerprint density at radius 1 is 0.962 bits per heavy atom. The summed E-state index contributed by atoms with van der Waals surface area (Å²) in [5.41, 5.74) is 1.75. The van der Waals surface area contributed by atoms with E-state index in [2.05, 4.69) is 11.9 Å². The number of nitrogens with zero attached hydrogens (tertiary/aromatic N) is 2. The van der Waals surface area contributed by atoms with E-state index in [9.17, 15) is 4.79 Å². The van der Waals surface area contributed by atoms with Crippen LogP contribution in [0.3, 0.4) is 0 Å². The molecule has 0 unspecified atom stereocenters. The van der Waals surface area contributed by atoms with Crippen molar-refractivity contribution in [3.05, 3.63) is 90.3 Å². The molecule has 0 bridgehead atoms. The van der Waals surface area contributed by atoms with Gasteiger partial charge in [0, 0.05) is 31.0 Å².